The lowest BCUT2D eigenvalue weighted by molar-refractivity contribution is -0.385. The summed E-state index contributed by atoms with van der Waals surface area (Å²) in [5, 5.41) is 10.8. The molecule has 0 bridgehead atoms. The van der Waals surface area contributed by atoms with Gasteiger partial charge in [0.2, 0.25) is 5.91 Å². The summed E-state index contributed by atoms with van der Waals surface area (Å²) in [6.45, 7) is 0. The molecule has 0 aliphatic rings. The van der Waals surface area contributed by atoms with Crippen molar-refractivity contribution in [2.75, 3.05) is 0 Å². The number of para-hydroxylation sites is 1. The van der Waals surface area contributed by atoms with E-state index in [2.05, 4.69) is 10.9 Å². The largest absolute Gasteiger partial charge is 0.282 e. The van der Waals surface area contributed by atoms with Crippen molar-refractivity contribution < 1.29 is 14.5 Å². The summed E-state index contributed by atoms with van der Waals surface area (Å²) < 4.78 is 0. The van der Waals surface area contributed by atoms with Crippen LogP contribution in [-0.2, 0) is 11.2 Å². The van der Waals surface area contributed by atoms with Crippen molar-refractivity contribution in [1.82, 2.24) is 10.9 Å². The van der Waals surface area contributed by atoms with E-state index in [9.17, 15) is 19.7 Å². The molecule has 0 heterocycles. The number of hydrazine groups is 1. The smallest absolute Gasteiger partial charge is 0.273 e. The number of hydrogen-bond donors (Lipinski definition) is 2. The van der Waals surface area contributed by atoms with Crippen molar-refractivity contribution in [3.8, 4) is 0 Å². The molecule has 0 spiro atoms. The average molecular weight is 299 g/mol. The van der Waals surface area contributed by atoms with Crippen molar-refractivity contribution in [2.45, 2.75) is 6.42 Å². The molecule has 0 atom stereocenters. The second-order valence-electron chi connectivity index (χ2n) is 4.44. The first-order valence-corrected chi connectivity index (χ1v) is 6.44. The second kappa shape index (κ2) is 6.98. The lowest BCUT2D eigenvalue weighted by Gasteiger charge is -2.07. The van der Waals surface area contributed by atoms with Crippen LogP contribution >= 0.6 is 0 Å². The molecule has 2 aromatic carbocycles. The van der Waals surface area contributed by atoms with Gasteiger partial charge in [-0.25, -0.2) is 0 Å². The van der Waals surface area contributed by atoms with Gasteiger partial charge in [0, 0.05) is 6.07 Å². The van der Waals surface area contributed by atoms with Gasteiger partial charge in [-0.3, -0.25) is 30.6 Å². The van der Waals surface area contributed by atoms with Gasteiger partial charge in [-0.2, -0.15) is 0 Å². The molecule has 22 heavy (non-hydrogen) atoms. The third kappa shape index (κ3) is 3.89. The van der Waals surface area contributed by atoms with E-state index in [0.717, 1.165) is 5.56 Å². The SMILES string of the molecule is O=C(Cc1ccccc1)NNC(=O)c1ccccc1[N+](=O)[O-]. The molecule has 0 fully saturated rings. The molecule has 2 amide bonds. The monoisotopic (exact) mass is 299 g/mol. The summed E-state index contributed by atoms with van der Waals surface area (Å²) in [6, 6.07) is 14.5. The van der Waals surface area contributed by atoms with Crippen molar-refractivity contribution in [3.63, 3.8) is 0 Å². The second-order valence-corrected chi connectivity index (χ2v) is 4.44. The Bertz CT molecular complexity index is 701. The van der Waals surface area contributed by atoms with E-state index in [1.54, 1.807) is 24.3 Å². The fourth-order valence-corrected chi connectivity index (χ4v) is 1.84. The Morgan fingerprint density at radius 1 is 0.955 bits per heavy atom. The van der Waals surface area contributed by atoms with Gasteiger partial charge < -0.3 is 0 Å². The van der Waals surface area contributed by atoms with Gasteiger partial charge in [-0.15, -0.1) is 0 Å². The molecule has 2 N–H and O–H groups in total. The van der Waals surface area contributed by atoms with Gasteiger partial charge in [0.05, 0.1) is 11.3 Å². The van der Waals surface area contributed by atoms with E-state index in [1.165, 1.54) is 24.3 Å². The van der Waals surface area contributed by atoms with Crippen LogP contribution in [0.2, 0.25) is 0 Å². The molecular formula is C15H13N3O4. The van der Waals surface area contributed by atoms with E-state index in [1.807, 2.05) is 6.07 Å². The quantitative estimate of drug-likeness (QED) is 0.661. The highest BCUT2D eigenvalue weighted by molar-refractivity contribution is 5.99. The van der Waals surface area contributed by atoms with E-state index in [0.29, 0.717) is 0 Å². The Balaban J connectivity index is 1.96. The number of carbonyl (C=O) groups excluding carboxylic acids is 2. The maximum absolute atomic E-state index is 11.9. The number of nitro benzene ring substituents is 1. The number of carbonyl (C=O) groups is 2. The predicted molar refractivity (Wildman–Crippen MR) is 78.9 cm³/mol. The van der Waals surface area contributed by atoms with Gasteiger partial charge in [0.1, 0.15) is 5.56 Å². The summed E-state index contributed by atoms with van der Waals surface area (Å²) in [4.78, 5) is 33.8. The molecule has 7 heteroatoms. The van der Waals surface area contributed by atoms with Crippen molar-refractivity contribution in [3.05, 3.63) is 75.8 Å². The van der Waals surface area contributed by atoms with Crippen LogP contribution in [0, 0.1) is 10.1 Å². The first-order chi connectivity index (χ1) is 10.6. The Morgan fingerprint density at radius 3 is 2.27 bits per heavy atom. The van der Waals surface area contributed by atoms with Crippen LogP contribution in [0.3, 0.4) is 0 Å². The van der Waals surface area contributed by atoms with Crippen LogP contribution in [0.15, 0.2) is 54.6 Å². The highest BCUT2D eigenvalue weighted by Gasteiger charge is 2.19. The van der Waals surface area contributed by atoms with Crippen LogP contribution in [0.4, 0.5) is 5.69 Å². The number of benzene rings is 2. The molecule has 0 aliphatic heterocycles. The summed E-state index contributed by atoms with van der Waals surface area (Å²) in [5.74, 6) is -1.16. The highest BCUT2D eigenvalue weighted by Crippen LogP contribution is 2.16. The molecule has 2 aromatic rings. The number of nitrogens with one attached hydrogen (secondary N) is 2. The lowest BCUT2D eigenvalue weighted by Crippen LogP contribution is -2.42. The van der Waals surface area contributed by atoms with E-state index >= 15 is 0 Å². The normalized spacial score (nSPS) is 9.82. The molecule has 7 nitrogen and oxygen atoms in total. The molecule has 0 aliphatic carbocycles. The Kier molecular flexibility index (Phi) is 4.81. The Morgan fingerprint density at radius 2 is 1.59 bits per heavy atom. The number of nitrogens with zero attached hydrogens (tertiary/aromatic N) is 1. The molecule has 0 saturated heterocycles. The summed E-state index contributed by atoms with van der Waals surface area (Å²) in [6.07, 6.45) is 0.0952. The number of nitro groups is 1. The van der Waals surface area contributed by atoms with Gasteiger partial charge in [-0.05, 0) is 11.6 Å². The molecule has 0 unspecified atom stereocenters. The van der Waals surface area contributed by atoms with E-state index < -0.39 is 16.7 Å². The van der Waals surface area contributed by atoms with Gasteiger partial charge in [0.15, 0.2) is 0 Å². The minimum atomic E-state index is -0.742. The minimum absolute atomic E-state index is 0.0952. The van der Waals surface area contributed by atoms with Crippen molar-refractivity contribution in [1.29, 1.82) is 0 Å². The summed E-state index contributed by atoms with van der Waals surface area (Å²) in [7, 11) is 0. The third-order valence-electron chi connectivity index (χ3n) is 2.87. The average Bonchev–Trinajstić information content (AvgIpc) is 2.53. The predicted octanol–water partition coefficient (Wildman–Crippen LogP) is 1.60. The molecule has 2 rings (SSSR count). The zero-order chi connectivity index (χ0) is 15.9. The van der Waals surface area contributed by atoms with Crippen LogP contribution in [0.5, 0.6) is 0 Å². The van der Waals surface area contributed by atoms with E-state index in [-0.39, 0.29) is 17.7 Å². The maximum Gasteiger partial charge on any atom is 0.282 e. The zero-order valence-electron chi connectivity index (χ0n) is 11.5. The van der Waals surface area contributed by atoms with Crippen LogP contribution < -0.4 is 10.9 Å². The Labute approximate surface area is 126 Å². The van der Waals surface area contributed by atoms with Gasteiger partial charge in [-0.1, -0.05) is 42.5 Å². The minimum Gasteiger partial charge on any atom is -0.273 e. The summed E-state index contributed by atoms with van der Waals surface area (Å²) >= 11 is 0. The molecule has 0 aromatic heterocycles. The Hall–Kier alpha value is -3.22. The number of hydrogen-bond acceptors (Lipinski definition) is 4. The zero-order valence-corrected chi connectivity index (χ0v) is 11.5. The number of amides is 2. The van der Waals surface area contributed by atoms with Crippen molar-refractivity contribution in [2.24, 2.45) is 0 Å². The molecule has 112 valence electrons. The molecule has 0 radical (unpaired) electrons. The fraction of sp³-hybridized carbons (Fsp3) is 0.0667. The number of rotatable bonds is 4. The van der Waals surface area contributed by atoms with Gasteiger partial charge in [0.25, 0.3) is 11.6 Å². The van der Waals surface area contributed by atoms with Crippen LogP contribution in [-0.4, -0.2) is 16.7 Å². The molecular weight excluding hydrogens is 286 g/mol. The first kappa shape index (κ1) is 15.2. The summed E-state index contributed by atoms with van der Waals surface area (Å²) in [5.41, 5.74) is 4.76. The van der Waals surface area contributed by atoms with Gasteiger partial charge >= 0.3 is 0 Å². The molecule has 0 saturated carbocycles. The van der Waals surface area contributed by atoms with Crippen molar-refractivity contribution >= 4 is 17.5 Å². The highest BCUT2D eigenvalue weighted by atomic mass is 16.6. The topological polar surface area (TPSA) is 101 Å². The standard InChI is InChI=1S/C15H13N3O4/c19-14(10-11-6-2-1-3-7-11)16-17-15(20)12-8-4-5-9-13(12)18(21)22/h1-9H,10H2,(H,16,19)(H,17,20). The maximum atomic E-state index is 11.9. The van der Waals surface area contributed by atoms with Crippen LogP contribution in [0.25, 0.3) is 0 Å². The first-order valence-electron chi connectivity index (χ1n) is 6.44. The third-order valence-corrected chi connectivity index (χ3v) is 2.87. The lowest BCUT2D eigenvalue weighted by atomic mass is 10.1. The fourth-order valence-electron chi connectivity index (χ4n) is 1.84. The van der Waals surface area contributed by atoms with E-state index in [4.69, 9.17) is 0 Å². The van der Waals surface area contributed by atoms with Crippen LogP contribution in [0.1, 0.15) is 15.9 Å².